The molecule has 0 aliphatic carbocycles. The zero-order chi connectivity index (χ0) is 28.4. The maximum Gasteiger partial charge on any atom is 0.259 e. The first kappa shape index (κ1) is 33.1. The second kappa shape index (κ2) is 18.4. The number of ether oxygens (including phenoxy) is 1. The molecule has 2 rings (SSSR count). The summed E-state index contributed by atoms with van der Waals surface area (Å²) in [4.78, 5) is 27.6. The molecule has 0 atom stereocenters. The lowest BCUT2D eigenvalue weighted by Gasteiger charge is -2.33. The highest BCUT2D eigenvalue weighted by molar-refractivity contribution is 6.06. The average molecular weight is 529 g/mol. The van der Waals surface area contributed by atoms with E-state index >= 15 is 0 Å². The van der Waals surface area contributed by atoms with Crippen LogP contribution in [0.4, 0.5) is 5.69 Å². The Morgan fingerprint density at radius 2 is 1.50 bits per heavy atom. The first-order chi connectivity index (χ1) is 18.3. The number of unbranched alkanes of at least 4 members (excludes halogenated alkanes) is 5. The van der Waals surface area contributed by atoms with E-state index in [2.05, 4.69) is 33.1 Å². The molecule has 0 spiro atoms. The number of quaternary nitrogens is 1. The second-order valence-electron chi connectivity index (χ2n) is 9.85. The summed E-state index contributed by atoms with van der Waals surface area (Å²) in [5.41, 5.74) is 1.77. The molecule has 212 valence electrons. The van der Waals surface area contributed by atoms with Gasteiger partial charge in [-0.05, 0) is 56.7 Å². The van der Waals surface area contributed by atoms with Gasteiger partial charge in [0.05, 0.1) is 45.4 Å². The minimum absolute atomic E-state index is 0.0138. The van der Waals surface area contributed by atoms with Crippen molar-refractivity contribution >= 4 is 17.5 Å². The van der Waals surface area contributed by atoms with Gasteiger partial charge >= 0.3 is 0 Å². The van der Waals surface area contributed by atoms with E-state index in [-0.39, 0.29) is 11.8 Å². The summed E-state index contributed by atoms with van der Waals surface area (Å²) in [6.45, 7) is 10.9. The average Bonchev–Trinajstić information content (AvgIpc) is 2.96. The molecule has 7 heteroatoms. The van der Waals surface area contributed by atoms with Gasteiger partial charge in [-0.25, -0.2) is 0 Å². The summed E-state index contributed by atoms with van der Waals surface area (Å²) in [6, 6.07) is 14.4. The zero-order valence-corrected chi connectivity index (χ0v) is 24.5. The number of benzene rings is 2. The van der Waals surface area contributed by atoms with Crippen LogP contribution in [0.5, 0.6) is 5.75 Å². The summed E-state index contributed by atoms with van der Waals surface area (Å²) in [5, 5.41) is 9.93. The lowest BCUT2D eigenvalue weighted by Crippen LogP contribution is -2.48. The molecule has 0 fully saturated rings. The van der Waals surface area contributed by atoms with Crippen LogP contribution in [0.1, 0.15) is 80.0 Å². The van der Waals surface area contributed by atoms with E-state index in [4.69, 9.17) is 9.84 Å². The van der Waals surface area contributed by atoms with Gasteiger partial charge in [-0.1, -0.05) is 51.2 Å². The van der Waals surface area contributed by atoms with Crippen LogP contribution >= 0.6 is 0 Å². The lowest BCUT2D eigenvalue weighted by atomic mass is 10.1. The van der Waals surface area contributed by atoms with Gasteiger partial charge in [0.15, 0.2) is 0 Å². The Labute approximate surface area is 230 Å². The number of rotatable bonds is 16. The van der Waals surface area contributed by atoms with Crippen molar-refractivity contribution in [2.75, 3.05) is 59.3 Å². The molecule has 0 aromatic heterocycles. The molecule has 0 aliphatic rings. The number of carbonyl (C=O) groups excluding carboxylic acids is 2. The van der Waals surface area contributed by atoms with Crippen LogP contribution in [-0.2, 0) is 0 Å². The summed E-state index contributed by atoms with van der Waals surface area (Å²) in [6.07, 6.45) is 7.15. The zero-order valence-electron chi connectivity index (χ0n) is 24.5. The Hall–Kier alpha value is -2.90. The number of amides is 2. The molecule has 0 radical (unpaired) electrons. The van der Waals surface area contributed by atoms with Gasteiger partial charge in [0.25, 0.3) is 11.8 Å². The molecular weight excluding hydrogens is 478 g/mol. The van der Waals surface area contributed by atoms with Crippen LogP contribution in [-0.4, -0.2) is 80.3 Å². The van der Waals surface area contributed by atoms with Gasteiger partial charge in [-0.2, -0.15) is 0 Å². The number of para-hydroxylation sites is 1. The molecule has 0 unspecified atom stereocenters. The maximum absolute atomic E-state index is 12.9. The van der Waals surface area contributed by atoms with Crippen LogP contribution in [0.2, 0.25) is 0 Å². The number of nitrogens with one attached hydrogen (secondary N) is 1. The van der Waals surface area contributed by atoms with Gasteiger partial charge in [-0.15, -0.1) is 0 Å². The summed E-state index contributed by atoms with van der Waals surface area (Å²) >= 11 is 0. The molecule has 2 N–H and O–H groups in total. The normalized spacial score (nSPS) is 10.8. The molecule has 0 saturated carbocycles. The molecule has 0 aliphatic heterocycles. The maximum atomic E-state index is 12.9. The van der Waals surface area contributed by atoms with Crippen molar-refractivity contribution in [1.29, 1.82) is 0 Å². The smallest absolute Gasteiger partial charge is 0.259 e. The number of hydrogen-bond donors (Lipinski definition) is 2. The molecule has 2 aromatic carbocycles. The number of carbonyl (C=O) groups is 2. The summed E-state index contributed by atoms with van der Waals surface area (Å²) in [7, 11) is 5.06. The number of likely N-dealkylation sites (N-methyl/N-ethyl adjacent to an activating group) is 2. The van der Waals surface area contributed by atoms with Crippen molar-refractivity contribution in [3.8, 4) is 5.75 Å². The Balaban J connectivity index is 0.00000352. The van der Waals surface area contributed by atoms with Gasteiger partial charge in [0.1, 0.15) is 5.75 Å². The minimum atomic E-state index is -0.221. The van der Waals surface area contributed by atoms with E-state index in [1.807, 2.05) is 25.2 Å². The highest BCUT2D eigenvalue weighted by Crippen LogP contribution is 2.21. The fourth-order valence-electron chi connectivity index (χ4n) is 3.99. The third-order valence-electron chi connectivity index (χ3n) is 7.13. The van der Waals surface area contributed by atoms with E-state index in [0.29, 0.717) is 35.7 Å². The van der Waals surface area contributed by atoms with Gasteiger partial charge in [0.2, 0.25) is 0 Å². The van der Waals surface area contributed by atoms with Crippen LogP contribution in [0.15, 0.2) is 48.5 Å². The molecule has 7 nitrogen and oxygen atoms in total. The molecule has 38 heavy (non-hydrogen) atoms. The largest absolute Gasteiger partial charge is 0.493 e. The molecule has 0 heterocycles. The third kappa shape index (κ3) is 11.2. The van der Waals surface area contributed by atoms with Crippen LogP contribution in [0.3, 0.4) is 0 Å². The second-order valence-corrected chi connectivity index (χ2v) is 9.85. The number of nitrogens with zero attached hydrogens (tertiary/aromatic N) is 2. The Kier molecular flexibility index (Phi) is 16.0. The van der Waals surface area contributed by atoms with Gasteiger partial charge < -0.3 is 24.5 Å². The van der Waals surface area contributed by atoms with E-state index in [1.165, 1.54) is 25.7 Å². The molecule has 0 saturated heterocycles. The third-order valence-corrected chi connectivity index (χ3v) is 7.13. The first-order valence-electron chi connectivity index (χ1n) is 14.0. The van der Waals surface area contributed by atoms with Crippen molar-refractivity contribution in [2.24, 2.45) is 0 Å². The van der Waals surface area contributed by atoms with Crippen molar-refractivity contribution < 1.29 is 23.9 Å². The quantitative estimate of drug-likeness (QED) is 0.212. The highest BCUT2D eigenvalue weighted by atomic mass is 16.5. The highest BCUT2D eigenvalue weighted by Gasteiger charge is 2.20. The van der Waals surface area contributed by atoms with Crippen molar-refractivity contribution in [2.45, 2.75) is 59.3 Å². The van der Waals surface area contributed by atoms with Gasteiger partial charge in [-0.3, -0.25) is 9.59 Å². The van der Waals surface area contributed by atoms with Crippen LogP contribution < -0.4 is 10.1 Å². The minimum Gasteiger partial charge on any atom is -0.493 e. The number of hydrogen-bond acceptors (Lipinski definition) is 4. The molecule has 0 bridgehead atoms. The Morgan fingerprint density at radius 3 is 2.13 bits per heavy atom. The topological polar surface area (TPSA) is 78.9 Å². The van der Waals surface area contributed by atoms with E-state index in [0.717, 1.165) is 44.1 Å². The fraction of sp³-hybridized carbons (Fsp3) is 0.548. The number of aliphatic hydroxyl groups excluding tert-OH is 1. The van der Waals surface area contributed by atoms with Crippen molar-refractivity contribution in [3.63, 3.8) is 0 Å². The van der Waals surface area contributed by atoms with Gasteiger partial charge in [0, 0.05) is 25.4 Å². The van der Waals surface area contributed by atoms with Crippen LogP contribution in [0.25, 0.3) is 0 Å². The van der Waals surface area contributed by atoms with Crippen molar-refractivity contribution in [3.05, 3.63) is 59.7 Å². The summed E-state index contributed by atoms with van der Waals surface area (Å²) in [5.74, 6) is 0.363. The molecule has 2 aromatic rings. The van der Waals surface area contributed by atoms with Crippen LogP contribution in [0, 0.1) is 0 Å². The standard InChI is InChI=1S/C30H45N3O3.CH4O/c1-6-9-10-11-12-15-24-36-28-17-14-13-16-27(28)29(34)31-26-20-18-25(19-21-26)30(35)32(4)22-23-33(5,7-2)8-3;1-2/h13-14,16-21H,6-12,15,22-24H2,1-5H3;2H,1H3/p+1. The number of aliphatic hydroxyl groups is 1. The SMILES string of the molecule is CCCCCCCCOc1ccccc1C(=O)Nc1ccc(C(=O)N(C)CC[N+](C)(CC)CC)cc1.CO. The van der Waals surface area contributed by atoms with E-state index in [1.54, 1.807) is 35.2 Å². The molecule has 2 amide bonds. The monoisotopic (exact) mass is 528 g/mol. The Bertz CT molecular complexity index is 942. The van der Waals surface area contributed by atoms with E-state index in [9.17, 15) is 9.59 Å². The summed E-state index contributed by atoms with van der Waals surface area (Å²) < 4.78 is 6.87. The predicted molar refractivity (Wildman–Crippen MR) is 157 cm³/mol. The van der Waals surface area contributed by atoms with Crippen molar-refractivity contribution in [1.82, 2.24) is 4.90 Å². The lowest BCUT2D eigenvalue weighted by molar-refractivity contribution is -0.905. The first-order valence-corrected chi connectivity index (χ1v) is 14.0. The fourth-order valence-corrected chi connectivity index (χ4v) is 3.99. The Morgan fingerprint density at radius 1 is 0.895 bits per heavy atom. The number of anilines is 1. The molecular formula is C31H50N3O4+. The predicted octanol–water partition coefficient (Wildman–Crippen LogP) is 5.85. The van der Waals surface area contributed by atoms with E-state index < -0.39 is 0 Å².